The van der Waals surface area contributed by atoms with Crippen molar-refractivity contribution in [2.75, 3.05) is 4.90 Å². The van der Waals surface area contributed by atoms with E-state index in [4.69, 9.17) is 5.73 Å². The van der Waals surface area contributed by atoms with Gasteiger partial charge in [-0.25, -0.2) is 0 Å². The first kappa shape index (κ1) is 11.0. The maximum absolute atomic E-state index is 12.3. The summed E-state index contributed by atoms with van der Waals surface area (Å²) in [6, 6.07) is 17.1. The van der Waals surface area contributed by atoms with E-state index in [2.05, 4.69) is 0 Å². The quantitative estimate of drug-likeness (QED) is 0.828. The number of benzene rings is 2. The van der Waals surface area contributed by atoms with Gasteiger partial charge in [-0.15, -0.1) is 0 Å². The monoisotopic (exact) mass is 238 g/mol. The van der Waals surface area contributed by atoms with Crippen LogP contribution in [-0.2, 0) is 11.2 Å². The minimum absolute atomic E-state index is 0.0418. The summed E-state index contributed by atoms with van der Waals surface area (Å²) in [5.41, 5.74) is 8.85. The van der Waals surface area contributed by atoms with Gasteiger partial charge in [-0.1, -0.05) is 36.4 Å². The van der Waals surface area contributed by atoms with Gasteiger partial charge in [0.2, 0.25) is 5.91 Å². The standard InChI is InChI=1S/C15H14N2O/c16-13-10-11-6-4-5-9-14(11)17(15(13)18)12-7-2-1-3-8-12/h1-9,13H,10,16H2. The van der Waals surface area contributed by atoms with Crippen LogP contribution >= 0.6 is 0 Å². The van der Waals surface area contributed by atoms with Gasteiger partial charge in [0.15, 0.2) is 0 Å². The summed E-state index contributed by atoms with van der Waals surface area (Å²) in [6.07, 6.45) is 0.609. The summed E-state index contributed by atoms with van der Waals surface area (Å²) in [5, 5.41) is 0. The molecule has 0 aliphatic carbocycles. The van der Waals surface area contributed by atoms with E-state index in [0.29, 0.717) is 6.42 Å². The van der Waals surface area contributed by atoms with Gasteiger partial charge in [0.1, 0.15) is 0 Å². The molecule has 0 bridgehead atoms. The molecule has 0 radical (unpaired) electrons. The molecule has 0 saturated heterocycles. The number of hydrogen-bond acceptors (Lipinski definition) is 2. The van der Waals surface area contributed by atoms with Crippen molar-refractivity contribution >= 4 is 17.3 Å². The zero-order valence-corrected chi connectivity index (χ0v) is 9.91. The maximum atomic E-state index is 12.3. The normalized spacial score (nSPS) is 18.6. The summed E-state index contributed by atoms with van der Waals surface area (Å²) >= 11 is 0. The Balaban J connectivity index is 2.15. The van der Waals surface area contributed by atoms with Gasteiger partial charge in [0.05, 0.1) is 11.7 Å². The van der Waals surface area contributed by atoms with Gasteiger partial charge in [-0.05, 0) is 30.2 Å². The van der Waals surface area contributed by atoms with E-state index in [9.17, 15) is 4.79 Å². The molecule has 90 valence electrons. The molecule has 1 heterocycles. The van der Waals surface area contributed by atoms with Crippen LogP contribution < -0.4 is 10.6 Å². The second-order valence-electron chi connectivity index (χ2n) is 4.45. The Morgan fingerprint density at radius 2 is 1.67 bits per heavy atom. The van der Waals surface area contributed by atoms with Gasteiger partial charge in [0, 0.05) is 5.69 Å². The molecule has 0 spiro atoms. The molecule has 1 aliphatic rings. The summed E-state index contributed by atoms with van der Waals surface area (Å²) in [6.45, 7) is 0. The fraction of sp³-hybridized carbons (Fsp3) is 0.133. The van der Waals surface area contributed by atoms with E-state index in [0.717, 1.165) is 16.9 Å². The maximum Gasteiger partial charge on any atom is 0.248 e. The number of amides is 1. The molecular formula is C15H14N2O. The molecular weight excluding hydrogens is 224 g/mol. The van der Waals surface area contributed by atoms with Crippen molar-refractivity contribution in [2.24, 2.45) is 5.73 Å². The van der Waals surface area contributed by atoms with Gasteiger partial charge < -0.3 is 5.73 Å². The number of hydrogen-bond donors (Lipinski definition) is 1. The Labute approximate surface area is 106 Å². The van der Waals surface area contributed by atoms with Gasteiger partial charge in [0.25, 0.3) is 0 Å². The molecule has 1 unspecified atom stereocenters. The lowest BCUT2D eigenvalue weighted by atomic mass is 9.97. The molecule has 1 aliphatic heterocycles. The zero-order valence-electron chi connectivity index (χ0n) is 9.91. The third-order valence-corrected chi connectivity index (χ3v) is 3.22. The molecule has 18 heavy (non-hydrogen) atoms. The molecule has 2 aromatic carbocycles. The Kier molecular flexibility index (Phi) is 2.61. The lowest BCUT2D eigenvalue weighted by molar-refractivity contribution is -0.119. The van der Waals surface area contributed by atoms with Crippen molar-refractivity contribution in [3.05, 3.63) is 60.2 Å². The highest BCUT2D eigenvalue weighted by molar-refractivity contribution is 6.06. The molecule has 0 saturated carbocycles. The van der Waals surface area contributed by atoms with Crippen LogP contribution in [0.2, 0.25) is 0 Å². The number of carbonyl (C=O) groups excluding carboxylic acids is 1. The second kappa shape index (κ2) is 4.27. The predicted octanol–water partition coefficient (Wildman–Crippen LogP) is 2.23. The SMILES string of the molecule is NC1Cc2ccccc2N(c2ccccc2)C1=O. The molecule has 2 N–H and O–H groups in total. The summed E-state index contributed by atoms with van der Waals surface area (Å²) < 4.78 is 0. The van der Waals surface area contributed by atoms with E-state index < -0.39 is 6.04 Å². The highest BCUT2D eigenvalue weighted by Crippen LogP contribution is 2.33. The van der Waals surface area contributed by atoms with Crippen molar-refractivity contribution < 1.29 is 4.79 Å². The second-order valence-corrected chi connectivity index (χ2v) is 4.45. The largest absolute Gasteiger partial charge is 0.320 e. The smallest absolute Gasteiger partial charge is 0.248 e. The van der Waals surface area contributed by atoms with Gasteiger partial charge in [-0.3, -0.25) is 9.69 Å². The van der Waals surface area contributed by atoms with Crippen molar-refractivity contribution in [1.29, 1.82) is 0 Å². The van der Waals surface area contributed by atoms with Crippen molar-refractivity contribution in [3.8, 4) is 0 Å². The lowest BCUT2D eigenvalue weighted by Gasteiger charge is -2.32. The average molecular weight is 238 g/mol. The minimum atomic E-state index is -0.458. The fourth-order valence-corrected chi connectivity index (χ4v) is 2.35. The van der Waals surface area contributed by atoms with Crippen LogP contribution in [0.15, 0.2) is 54.6 Å². The third-order valence-electron chi connectivity index (χ3n) is 3.22. The molecule has 0 aromatic heterocycles. The molecule has 3 nitrogen and oxygen atoms in total. The number of fused-ring (bicyclic) bond motifs is 1. The van der Waals surface area contributed by atoms with Crippen LogP contribution in [0.3, 0.4) is 0 Å². The van der Waals surface area contributed by atoms with Crippen molar-refractivity contribution in [2.45, 2.75) is 12.5 Å². The van der Waals surface area contributed by atoms with Crippen LogP contribution in [0, 0.1) is 0 Å². The van der Waals surface area contributed by atoms with Crippen molar-refractivity contribution in [3.63, 3.8) is 0 Å². The number of carbonyl (C=O) groups is 1. The Hall–Kier alpha value is -2.13. The number of anilines is 2. The van der Waals surface area contributed by atoms with E-state index in [1.807, 2.05) is 54.6 Å². The highest BCUT2D eigenvalue weighted by atomic mass is 16.2. The van der Waals surface area contributed by atoms with E-state index >= 15 is 0 Å². The predicted molar refractivity (Wildman–Crippen MR) is 71.7 cm³/mol. The Bertz CT molecular complexity index is 580. The van der Waals surface area contributed by atoms with Crippen LogP contribution in [0.25, 0.3) is 0 Å². The van der Waals surface area contributed by atoms with Gasteiger partial charge >= 0.3 is 0 Å². The molecule has 0 fully saturated rings. The fourth-order valence-electron chi connectivity index (χ4n) is 2.35. The van der Waals surface area contributed by atoms with Crippen LogP contribution in [0.4, 0.5) is 11.4 Å². The van der Waals surface area contributed by atoms with Crippen LogP contribution in [0.1, 0.15) is 5.56 Å². The molecule has 3 heteroatoms. The molecule has 1 amide bonds. The molecule has 2 aromatic rings. The van der Waals surface area contributed by atoms with Crippen LogP contribution in [0.5, 0.6) is 0 Å². The average Bonchev–Trinajstić information content (AvgIpc) is 2.41. The lowest BCUT2D eigenvalue weighted by Crippen LogP contribution is -2.46. The Morgan fingerprint density at radius 3 is 2.44 bits per heavy atom. The first-order valence-electron chi connectivity index (χ1n) is 6.00. The van der Waals surface area contributed by atoms with Crippen molar-refractivity contribution in [1.82, 2.24) is 0 Å². The molecule has 3 rings (SSSR count). The minimum Gasteiger partial charge on any atom is -0.320 e. The first-order chi connectivity index (χ1) is 8.77. The summed E-state index contributed by atoms with van der Waals surface area (Å²) in [7, 11) is 0. The van der Waals surface area contributed by atoms with E-state index in [1.165, 1.54) is 0 Å². The number of nitrogens with zero attached hydrogens (tertiary/aromatic N) is 1. The molecule has 1 atom stereocenters. The first-order valence-corrected chi connectivity index (χ1v) is 6.00. The number of nitrogens with two attached hydrogens (primary N) is 1. The summed E-state index contributed by atoms with van der Waals surface area (Å²) in [5.74, 6) is -0.0418. The van der Waals surface area contributed by atoms with Crippen LogP contribution in [-0.4, -0.2) is 11.9 Å². The third kappa shape index (κ3) is 1.69. The topological polar surface area (TPSA) is 46.3 Å². The van der Waals surface area contributed by atoms with E-state index in [1.54, 1.807) is 4.90 Å². The number of rotatable bonds is 1. The summed E-state index contributed by atoms with van der Waals surface area (Å²) in [4.78, 5) is 14.0. The highest BCUT2D eigenvalue weighted by Gasteiger charge is 2.30. The zero-order chi connectivity index (χ0) is 12.5. The van der Waals surface area contributed by atoms with E-state index in [-0.39, 0.29) is 5.91 Å². The Morgan fingerprint density at radius 1 is 1.00 bits per heavy atom. The number of para-hydroxylation sites is 2. The van der Waals surface area contributed by atoms with Gasteiger partial charge in [-0.2, -0.15) is 0 Å².